The molecule has 106 valence electrons. The van der Waals surface area contributed by atoms with Gasteiger partial charge in [0.15, 0.2) is 5.75 Å². The number of hydrogen-bond donors (Lipinski definition) is 2. The van der Waals surface area contributed by atoms with Crippen LogP contribution in [-0.4, -0.2) is 24.5 Å². The van der Waals surface area contributed by atoms with Gasteiger partial charge < -0.3 is 15.8 Å². The minimum atomic E-state index is -0.192. The summed E-state index contributed by atoms with van der Waals surface area (Å²) in [7, 11) is 1.50. The summed E-state index contributed by atoms with van der Waals surface area (Å²) in [5.74, 6) is 0.220. The number of nitrogen functional groups attached to an aromatic ring is 1. The molecule has 0 aliphatic rings. The van der Waals surface area contributed by atoms with Crippen LogP contribution >= 0.6 is 11.3 Å². The molecule has 5 nitrogen and oxygen atoms in total. The number of thiazole rings is 1. The Bertz CT molecular complexity index is 610. The highest BCUT2D eigenvalue weighted by molar-refractivity contribution is 7.09. The van der Waals surface area contributed by atoms with Crippen LogP contribution in [0.3, 0.4) is 0 Å². The molecular formula is C14H17N3O2S. The number of para-hydroxylation sites is 1. The lowest BCUT2D eigenvalue weighted by atomic mass is 10.1. The van der Waals surface area contributed by atoms with Gasteiger partial charge in [0.25, 0.3) is 5.91 Å². The Balaban J connectivity index is 1.97. The number of hydrogen-bond acceptors (Lipinski definition) is 5. The molecule has 2 aromatic rings. The molecule has 1 aromatic carbocycles. The van der Waals surface area contributed by atoms with E-state index in [1.165, 1.54) is 7.11 Å². The van der Waals surface area contributed by atoms with Crippen molar-refractivity contribution in [3.63, 3.8) is 0 Å². The zero-order valence-electron chi connectivity index (χ0n) is 11.5. The monoisotopic (exact) mass is 291 g/mol. The average Bonchev–Trinajstić information content (AvgIpc) is 2.84. The molecule has 6 heteroatoms. The van der Waals surface area contributed by atoms with Crippen molar-refractivity contribution < 1.29 is 9.53 Å². The van der Waals surface area contributed by atoms with Crippen molar-refractivity contribution in [1.82, 2.24) is 10.3 Å². The number of amides is 1. The predicted octanol–water partition coefficient (Wildman–Crippen LogP) is 2.01. The van der Waals surface area contributed by atoms with Crippen molar-refractivity contribution in [2.45, 2.75) is 13.3 Å². The van der Waals surface area contributed by atoms with Crippen molar-refractivity contribution in [3.05, 3.63) is 39.8 Å². The number of nitrogens with zero attached hydrogens (tertiary/aromatic N) is 1. The molecule has 0 saturated heterocycles. The molecule has 1 aromatic heterocycles. The van der Waals surface area contributed by atoms with Gasteiger partial charge in [-0.05, 0) is 19.1 Å². The van der Waals surface area contributed by atoms with E-state index in [0.29, 0.717) is 23.5 Å². The van der Waals surface area contributed by atoms with Crippen LogP contribution < -0.4 is 15.8 Å². The number of ether oxygens (including phenoxy) is 1. The van der Waals surface area contributed by atoms with E-state index in [4.69, 9.17) is 10.5 Å². The minimum absolute atomic E-state index is 0.192. The van der Waals surface area contributed by atoms with Crippen molar-refractivity contribution in [2.75, 3.05) is 19.4 Å². The molecule has 1 amide bonds. The van der Waals surface area contributed by atoms with Gasteiger partial charge in [-0.25, -0.2) is 4.98 Å². The molecule has 2 rings (SSSR count). The Kier molecular flexibility index (Phi) is 4.57. The number of methoxy groups -OCH3 is 1. The second kappa shape index (κ2) is 6.38. The van der Waals surface area contributed by atoms with Crippen LogP contribution in [0.25, 0.3) is 0 Å². The maximum Gasteiger partial charge on any atom is 0.255 e. The number of carbonyl (C=O) groups excluding carboxylic acids is 1. The van der Waals surface area contributed by atoms with E-state index in [1.807, 2.05) is 12.3 Å². The maximum absolute atomic E-state index is 12.1. The van der Waals surface area contributed by atoms with Gasteiger partial charge >= 0.3 is 0 Å². The van der Waals surface area contributed by atoms with Crippen molar-refractivity contribution in [2.24, 2.45) is 0 Å². The first-order chi connectivity index (χ1) is 9.61. The van der Waals surface area contributed by atoms with Gasteiger partial charge in [-0.2, -0.15) is 0 Å². The van der Waals surface area contributed by atoms with Gasteiger partial charge in [0.1, 0.15) is 0 Å². The van der Waals surface area contributed by atoms with Crippen LogP contribution in [0.1, 0.15) is 21.1 Å². The van der Waals surface area contributed by atoms with Crippen LogP contribution in [0.2, 0.25) is 0 Å². The first-order valence-electron chi connectivity index (χ1n) is 6.23. The summed E-state index contributed by atoms with van der Waals surface area (Å²) in [5.41, 5.74) is 7.69. The molecule has 0 radical (unpaired) electrons. The fraction of sp³-hybridized carbons (Fsp3) is 0.286. The lowest BCUT2D eigenvalue weighted by Crippen LogP contribution is -2.26. The van der Waals surface area contributed by atoms with E-state index in [1.54, 1.807) is 29.5 Å². The fourth-order valence-electron chi connectivity index (χ4n) is 1.86. The summed E-state index contributed by atoms with van der Waals surface area (Å²) in [6, 6.07) is 5.13. The van der Waals surface area contributed by atoms with E-state index in [-0.39, 0.29) is 5.91 Å². The molecule has 0 unspecified atom stereocenters. The van der Waals surface area contributed by atoms with Crippen LogP contribution in [0.4, 0.5) is 5.69 Å². The highest BCUT2D eigenvalue weighted by Gasteiger charge is 2.13. The number of aryl methyl sites for hydroxylation is 1. The Labute approximate surface area is 121 Å². The number of carbonyl (C=O) groups is 1. The minimum Gasteiger partial charge on any atom is -0.494 e. The Morgan fingerprint density at radius 3 is 2.95 bits per heavy atom. The first-order valence-corrected chi connectivity index (χ1v) is 7.11. The Morgan fingerprint density at radius 2 is 2.30 bits per heavy atom. The third-order valence-corrected chi connectivity index (χ3v) is 3.81. The molecule has 0 aliphatic heterocycles. The Hall–Kier alpha value is -2.08. The van der Waals surface area contributed by atoms with Crippen LogP contribution in [-0.2, 0) is 6.42 Å². The number of anilines is 1. The predicted molar refractivity (Wildman–Crippen MR) is 80.3 cm³/mol. The topological polar surface area (TPSA) is 77.2 Å². The third kappa shape index (κ3) is 3.27. The lowest BCUT2D eigenvalue weighted by molar-refractivity contribution is 0.0951. The molecule has 0 aliphatic carbocycles. The fourth-order valence-corrected chi connectivity index (χ4v) is 2.63. The van der Waals surface area contributed by atoms with Gasteiger partial charge in [-0.15, -0.1) is 11.3 Å². The SMILES string of the molecule is COc1c(N)cccc1C(=O)NCCc1nc(C)cs1. The molecule has 0 atom stereocenters. The first kappa shape index (κ1) is 14.3. The summed E-state index contributed by atoms with van der Waals surface area (Å²) >= 11 is 1.60. The molecule has 0 fully saturated rings. The van der Waals surface area contributed by atoms with Gasteiger partial charge in [-0.1, -0.05) is 6.07 Å². The number of aromatic nitrogens is 1. The molecule has 0 spiro atoms. The Morgan fingerprint density at radius 1 is 1.50 bits per heavy atom. The number of rotatable bonds is 5. The molecule has 0 saturated carbocycles. The van der Waals surface area contributed by atoms with E-state index >= 15 is 0 Å². The summed E-state index contributed by atoms with van der Waals surface area (Å²) in [6.45, 7) is 2.49. The molecule has 20 heavy (non-hydrogen) atoms. The van der Waals surface area contributed by atoms with Crippen molar-refractivity contribution in [1.29, 1.82) is 0 Å². The van der Waals surface area contributed by atoms with Crippen molar-refractivity contribution >= 4 is 22.9 Å². The maximum atomic E-state index is 12.1. The summed E-state index contributed by atoms with van der Waals surface area (Å²) < 4.78 is 5.17. The second-order valence-electron chi connectivity index (χ2n) is 4.32. The number of nitrogens with one attached hydrogen (secondary N) is 1. The standard InChI is InChI=1S/C14H17N3O2S/c1-9-8-20-12(17-9)6-7-16-14(18)10-4-3-5-11(15)13(10)19-2/h3-5,8H,6-7,15H2,1-2H3,(H,16,18). The zero-order chi connectivity index (χ0) is 14.5. The van der Waals surface area contributed by atoms with Crippen LogP contribution in [0.5, 0.6) is 5.75 Å². The van der Waals surface area contributed by atoms with Crippen LogP contribution in [0.15, 0.2) is 23.6 Å². The summed E-state index contributed by atoms with van der Waals surface area (Å²) in [4.78, 5) is 16.5. The molecular weight excluding hydrogens is 274 g/mol. The highest BCUT2D eigenvalue weighted by Crippen LogP contribution is 2.25. The number of benzene rings is 1. The summed E-state index contributed by atoms with van der Waals surface area (Å²) in [5, 5.41) is 5.86. The smallest absolute Gasteiger partial charge is 0.255 e. The van der Waals surface area contributed by atoms with Gasteiger partial charge in [0, 0.05) is 24.0 Å². The van der Waals surface area contributed by atoms with Crippen molar-refractivity contribution in [3.8, 4) is 5.75 Å². The molecule has 1 heterocycles. The highest BCUT2D eigenvalue weighted by atomic mass is 32.1. The van der Waals surface area contributed by atoms with Gasteiger partial charge in [0.2, 0.25) is 0 Å². The second-order valence-corrected chi connectivity index (χ2v) is 5.26. The van der Waals surface area contributed by atoms with Gasteiger partial charge in [0.05, 0.1) is 23.4 Å². The van der Waals surface area contributed by atoms with E-state index in [2.05, 4.69) is 10.3 Å². The van der Waals surface area contributed by atoms with Crippen LogP contribution in [0, 0.1) is 6.92 Å². The molecule has 3 N–H and O–H groups in total. The van der Waals surface area contributed by atoms with E-state index in [0.717, 1.165) is 17.1 Å². The van der Waals surface area contributed by atoms with E-state index in [9.17, 15) is 4.79 Å². The zero-order valence-corrected chi connectivity index (χ0v) is 12.3. The third-order valence-electron chi connectivity index (χ3n) is 2.79. The van der Waals surface area contributed by atoms with Gasteiger partial charge in [-0.3, -0.25) is 4.79 Å². The molecule has 0 bridgehead atoms. The number of nitrogens with two attached hydrogens (primary N) is 1. The lowest BCUT2D eigenvalue weighted by Gasteiger charge is -2.10. The van der Waals surface area contributed by atoms with E-state index < -0.39 is 0 Å². The average molecular weight is 291 g/mol. The quantitative estimate of drug-likeness (QED) is 0.826. The summed E-state index contributed by atoms with van der Waals surface area (Å²) in [6.07, 6.45) is 0.717. The normalized spacial score (nSPS) is 10.3. The largest absolute Gasteiger partial charge is 0.494 e.